The average molecular weight is 277 g/mol. The van der Waals surface area contributed by atoms with Crippen LogP contribution in [0.2, 0.25) is 0 Å². The lowest BCUT2D eigenvalue weighted by molar-refractivity contribution is 0.590. The van der Waals surface area contributed by atoms with Crippen LogP contribution in [-0.4, -0.2) is 21.6 Å². The number of imidazole rings is 1. The molecule has 2 rings (SSSR count). The van der Waals surface area contributed by atoms with Gasteiger partial charge in [-0.25, -0.2) is 13.8 Å². The summed E-state index contributed by atoms with van der Waals surface area (Å²) < 4.78 is 28.5. The first kappa shape index (κ1) is 12.6. The highest BCUT2D eigenvalue weighted by molar-refractivity contribution is 7.98. The fraction of sp³-hybridized carbons (Fsp3) is 0.364. The Morgan fingerprint density at radius 3 is 2.82 bits per heavy atom. The molecule has 2 aromatic rings. The number of alkyl halides is 1. The van der Waals surface area contributed by atoms with Crippen LogP contribution in [0, 0.1) is 11.6 Å². The first-order chi connectivity index (χ1) is 8.17. The minimum Gasteiger partial charge on any atom is -0.326 e. The third-order valence-corrected chi connectivity index (χ3v) is 3.32. The summed E-state index contributed by atoms with van der Waals surface area (Å²) >= 11 is 7.43. The van der Waals surface area contributed by atoms with E-state index >= 15 is 0 Å². The van der Waals surface area contributed by atoms with Gasteiger partial charge in [0.15, 0.2) is 5.82 Å². The number of aromatic nitrogens is 2. The highest BCUT2D eigenvalue weighted by Crippen LogP contribution is 2.22. The van der Waals surface area contributed by atoms with E-state index in [-0.39, 0.29) is 11.4 Å². The fourth-order valence-corrected chi connectivity index (χ4v) is 2.30. The van der Waals surface area contributed by atoms with E-state index in [1.54, 1.807) is 16.3 Å². The molecule has 1 aromatic heterocycles. The highest BCUT2D eigenvalue weighted by atomic mass is 35.5. The van der Waals surface area contributed by atoms with Crippen molar-refractivity contribution in [3.05, 3.63) is 29.6 Å². The molecule has 0 atom stereocenters. The van der Waals surface area contributed by atoms with Crippen molar-refractivity contribution in [2.24, 2.45) is 0 Å². The maximum Gasteiger partial charge on any atom is 0.153 e. The Morgan fingerprint density at radius 2 is 2.18 bits per heavy atom. The SMILES string of the molecule is CSCCn1c(CCl)nc2c(F)cc(F)cc21. The van der Waals surface area contributed by atoms with E-state index in [1.165, 1.54) is 6.07 Å². The molecule has 0 amide bonds. The Morgan fingerprint density at radius 1 is 1.41 bits per heavy atom. The normalized spacial score (nSPS) is 11.3. The molecule has 0 saturated carbocycles. The Kier molecular flexibility index (Phi) is 3.89. The van der Waals surface area contributed by atoms with Crippen molar-refractivity contribution in [2.75, 3.05) is 12.0 Å². The van der Waals surface area contributed by atoms with Gasteiger partial charge in [0.05, 0.1) is 11.4 Å². The molecule has 2 nitrogen and oxygen atoms in total. The molecular weight excluding hydrogens is 266 g/mol. The first-order valence-electron chi connectivity index (χ1n) is 5.06. The molecule has 92 valence electrons. The number of benzene rings is 1. The maximum atomic E-state index is 13.5. The number of rotatable bonds is 4. The van der Waals surface area contributed by atoms with Gasteiger partial charge >= 0.3 is 0 Å². The molecule has 0 aliphatic rings. The minimum atomic E-state index is -0.644. The lowest BCUT2D eigenvalue weighted by Crippen LogP contribution is -2.04. The molecule has 0 fully saturated rings. The summed E-state index contributed by atoms with van der Waals surface area (Å²) in [7, 11) is 0. The second-order valence-corrected chi connectivity index (χ2v) is 4.81. The van der Waals surface area contributed by atoms with Gasteiger partial charge in [0.2, 0.25) is 0 Å². The van der Waals surface area contributed by atoms with Gasteiger partial charge in [-0.05, 0) is 12.3 Å². The number of nitrogens with zero attached hydrogens (tertiary/aromatic N) is 2. The van der Waals surface area contributed by atoms with Crippen LogP contribution in [0.15, 0.2) is 12.1 Å². The second-order valence-electron chi connectivity index (χ2n) is 3.56. The molecule has 0 aliphatic heterocycles. The molecule has 1 heterocycles. The Balaban J connectivity index is 2.60. The van der Waals surface area contributed by atoms with Crippen LogP contribution in [0.25, 0.3) is 11.0 Å². The predicted octanol–water partition coefficient (Wildman–Crippen LogP) is 3.42. The van der Waals surface area contributed by atoms with Gasteiger partial charge in [0, 0.05) is 18.4 Å². The summed E-state index contributed by atoms with van der Waals surface area (Å²) in [4.78, 5) is 4.10. The molecule has 0 radical (unpaired) electrons. The highest BCUT2D eigenvalue weighted by Gasteiger charge is 2.14. The zero-order valence-electron chi connectivity index (χ0n) is 9.21. The summed E-state index contributed by atoms with van der Waals surface area (Å²) in [5, 5.41) is 0. The summed E-state index contributed by atoms with van der Waals surface area (Å²) in [6.45, 7) is 0.641. The predicted molar refractivity (Wildman–Crippen MR) is 67.6 cm³/mol. The van der Waals surface area contributed by atoms with Crippen molar-refractivity contribution in [3.8, 4) is 0 Å². The van der Waals surface area contributed by atoms with Crippen LogP contribution in [0.5, 0.6) is 0 Å². The van der Waals surface area contributed by atoms with Crippen molar-refractivity contribution in [1.82, 2.24) is 9.55 Å². The van der Waals surface area contributed by atoms with Crippen LogP contribution in [-0.2, 0) is 12.4 Å². The van der Waals surface area contributed by atoms with Gasteiger partial charge in [-0.2, -0.15) is 11.8 Å². The maximum absolute atomic E-state index is 13.5. The van der Waals surface area contributed by atoms with Crippen LogP contribution >= 0.6 is 23.4 Å². The number of fused-ring (bicyclic) bond motifs is 1. The lowest BCUT2D eigenvalue weighted by Gasteiger charge is -2.06. The molecule has 0 bridgehead atoms. The number of hydrogen-bond donors (Lipinski definition) is 0. The number of halogens is 3. The van der Waals surface area contributed by atoms with E-state index in [1.807, 2.05) is 6.26 Å². The van der Waals surface area contributed by atoms with Crippen LogP contribution in [0.4, 0.5) is 8.78 Å². The standard InChI is InChI=1S/C11H11ClF2N2S/c1-17-3-2-16-9-5-7(13)4-8(14)11(9)15-10(16)6-12/h4-5H,2-3,6H2,1H3. The molecule has 17 heavy (non-hydrogen) atoms. The summed E-state index contributed by atoms with van der Waals surface area (Å²) in [6.07, 6.45) is 1.97. The molecule has 1 aromatic carbocycles. The fourth-order valence-electron chi connectivity index (χ4n) is 1.73. The third-order valence-electron chi connectivity index (χ3n) is 2.49. The summed E-state index contributed by atoms with van der Waals surface area (Å²) in [5.74, 6) is 0.355. The second kappa shape index (κ2) is 5.23. The van der Waals surface area contributed by atoms with Gasteiger partial charge in [0.25, 0.3) is 0 Å². The summed E-state index contributed by atoms with van der Waals surface area (Å²) in [6, 6.07) is 2.13. The van der Waals surface area contributed by atoms with E-state index in [2.05, 4.69) is 4.98 Å². The molecule has 0 N–H and O–H groups in total. The number of aryl methyl sites for hydroxylation is 1. The molecule has 0 saturated heterocycles. The van der Waals surface area contributed by atoms with E-state index < -0.39 is 11.6 Å². The van der Waals surface area contributed by atoms with Gasteiger partial charge in [-0.3, -0.25) is 0 Å². The van der Waals surface area contributed by atoms with Crippen molar-refractivity contribution in [2.45, 2.75) is 12.4 Å². The van der Waals surface area contributed by atoms with E-state index in [9.17, 15) is 8.78 Å². The van der Waals surface area contributed by atoms with Crippen LogP contribution < -0.4 is 0 Å². The summed E-state index contributed by atoms with van der Waals surface area (Å²) in [5.41, 5.74) is 0.648. The largest absolute Gasteiger partial charge is 0.326 e. The zero-order valence-corrected chi connectivity index (χ0v) is 10.8. The van der Waals surface area contributed by atoms with Crippen LogP contribution in [0.1, 0.15) is 5.82 Å². The molecule has 0 spiro atoms. The van der Waals surface area contributed by atoms with Gasteiger partial charge in [0.1, 0.15) is 17.2 Å². The van der Waals surface area contributed by atoms with Crippen molar-refractivity contribution < 1.29 is 8.78 Å². The quantitative estimate of drug-likeness (QED) is 0.797. The van der Waals surface area contributed by atoms with Gasteiger partial charge in [-0.1, -0.05) is 0 Å². The smallest absolute Gasteiger partial charge is 0.153 e. The Hall–Kier alpha value is -0.810. The first-order valence-corrected chi connectivity index (χ1v) is 6.99. The van der Waals surface area contributed by atoms with E-state index in [4.69, 9.17) is 11.6 Å². The van der Waals surface area contributed by atoms with Gasteiger partial charge < -0.3 is 4.57 Å². The Bertz CT molecular complexity index is 542. The van der Waals surface area contributed by atoms with Crippen molar-refractivity contribution in [1.29, 1.82) is 0 Å². The van der Waals surface area contributed by atoms with Crippen molar-refractivity contribution in [3.63, 3.8) is 0 Å². The third kappa shape index (κ3) is 2.40. The minimum absolute atomic E-state index is 0.183. The van der Waals surface area contributed by atoms with Gasteiger partial charge in [-0.15, -0.1) is 11.6 Å². The topological polar surface area (TPSA) is 17.8 Å². The van der Waals surface area contributed by atoms with Crippen LogP contribution in [0.3, 0.4) is 0 Å². The molecular formula is C11H11ClF2N2S. The molecule has 6 heteroatoms. The molecule has 0 aliphatic carbocycles. The molecule has 0 unspecified atom stereocenters. The average Bonchev–Trinajstić information content (AvgIpc) is 2.64. The van der Waals surface area contributed by atoms with Crippen molar-refractivity contribution >= 4 is 34.4 Å². The van der Waals surface area contributed by atoms with E-state index in [0.29, 0.717) is 17.9 Å². The number of thioether (sulfide) groups is 1. The monoisotopic (exact) mass is 276 g/mol. The zero-order chi connectivity index (χ0) is 12.4. The lowest BCUT2D eigenvalue weighted by atomic mass is 10.3. The van der Waals surface area contributed by atoms with E-state index in [0.717, 1.165) is 11.8 Å². The number of hydrogen-bond acceptors (Lipinski definition) is 2. The Labute approximate surface area is 107 Å².